The minimum Gasteiger partial charge on any atom is -0.316 e. The Morgan fingerprint density at radius 3 is 2.59 bits per heavy atom. The number of carbonyl (C=O) groups is 1. The van der Waals surface area contributed by atoms with Gasteiger partial charge in [-0.1, -0.05) is 42.1 Å². The molecule has 1 aromatic carbocycles. The number of aldehydes is 1. The molecule has 0 aliphatic carbocycles. The summed E-state index contributed by atoms with van der Waals surface area (Å²) in [5.74, 6) is 1.32. The number of likely N-dealkylation sites (tertiary alicyclic amines) is 1. The van der Waals surface area contributed by atoms with Gasteiger partial charge in [-0.2, -0.15) is 0 Å². The van der Waals surface area contributed by atoms with Crippen molar-refractivity contribution in [2.45, 2.75) is 17.8 Å². The average molecular weight is 315 g/mol. The third-order valence-electron chi connectivity index (χ3n) is 5.18. The Bertz CT molecular complexity index is 593. The van der Waals surface area contributed by atoms with Crippen molar-refractivity contribution in [3.63, 3.8) is 0 Å². The quantitative estimate of drug-likeness (QED) is 0.866. The maximum Gasteiger partial charge on any atom is 0.186 e. The van der Waals surface area contributed by atoms with Crippen LogP contribution in [0.5, 0.6) is 0 Å². The van der Waals surface area contributed by atoms with Gasteiger partial charge in [0.05, 0.1) is 10.3 Å². The van der Waals surface area contributed by atoms with Crippen molar-refractivity contribution in [2.75, 3.05) is 26.2 Å². The first-order valence-electron chi connectivity index (χ1n) is 7.93. The number of nitrogens with one attached hydrogen (secondary N) is 1. The van der Waals surface area contributed by atoms with Crippen molar-refractivity contribution >= 4 is 23.1 Å². The van der Waals surface area contributed by atoms with Gasteiger partial charge in [0.1, 0.15) is 0 Å². The molecule has 0 amide bonds. The molecule has 4 unspecified atom stereocenters. The van der Waals surface area contributed by atoms with Crippen LogP contribution >= 0.6 is 11.8 Å². The van der Waals surface area contributed by atoms with E-state index in [4.69, 9.17) is 4.99 Å². The maximum absolute atomic E-state index is 12.2. The van der Waals surface area contributed by atoms with E-state index in [1.165, 1.54) is 5.56 Å². The summed E-state index contributed by atoms with van der Waals surface area (Å²) >= 11 is 1.73. The fourth-order valence-corrected chi connectivity index (χ4v) is 5.35. The summed E-state index contributed by atoms with van der Waals surface area (Å²) in [7, 11) is 0. The van der Waals surface area contributed by atoms with E-state index in [1.54, 1.807) is 11.8 Å². The van der Waals surface area contributed by atoms with Gasteiger partial charge in [-0.3, -0.25) is 14.7 Å². The minimum atomic E-state index is -0.722. The van der Waals surface area contributed by atoms with Crippen molar-refractivity contribution < 1.29 is 4.79 Å². The molecule has 4 rings (SSSR count). The van der Waals surface area contributed by atoms with E-state index in [0.717, 1.165) is 37.5 Å². The van der Waals surface area contributed by atoms with E-state index in [1.807, 2.05) is 25.1 Å². The number of hydrogen-bond donors (Lipinski definition) is 1. The first-order valence-corrected chi connectivity index (χ1v) is 8.81. The molecule has 3 aliphatic rings. The zero-order valence-electron chi connectivity index (χ0n) is 12.7. The molecule has 3 heterocycles. The summed E-state index contributed by atoms with van der Waals surface area (Å²) in [5.41, 5.74) is 0.468. The van der Waals surface area contributed by atoms with Gasteiger partial charge < -0.3 is 5.32 Å². The summed E-state index contributed by atoms with van der Waals surface area (Å²) in [6, 6.07) is 10.3. The molecule has 1 aromatic rings. The predicted octanol–water partition coefficient (Wildman–Crippen LogP) is 1.94. The summed E-state index contributed by atoms with van der Waals surface area (Å²) in [6.07, 6.45) is 1.09. The molecule has 1 N–H and O–H groups in total. The number of fused-ring (bicyclic) bond motifs is 1. The number of aliphatic imine (C=N–C) groups is 1. The molecule has 5 heteroatoms. The van der Waals surface area contributed by atoms with E-state index < -0.39 is 5.66 Å². The second kappa shape index (κ2) is 5.48. The molecule has 2 saturated heterocycles. The van der Waals surface area contributed by atoms with Crippen molar-refractivity contribution in [3.8, 4) is 0 Å². The molecule has 0 radical (unpaired) electrons. The number of rotatable bonds is 3. The van der Waals surface area contributed by atoms with Gasteiger partial charge >= 0.3 is 0 Å². The van der Waals surface area contributed by atoms with Crippen LogP contribution in [0, 0.1) is 11.8 Å². The van der Waals surface area contributed by atoms with Gasteiger partial charge in [0.2, 0.25) is 0 Å². The number of hydrogen-bond acceptors (Lipinski definition) is 5. The van der Waals surface area contributed by atoms with Crippen LogP contribution in [0.15, 0.2) is 35.3 Å². The van der Waals surface area contributed by atoms with Crippen LogP contribution in [0.2, 0.25) is 0 Å². The Kier molecular flexibility index (Phi) is 3.59. The predicted molar refractivity (Wildman–Crippen MR) is 90.1 cm³/mol. The first-order chi connectivity index (χ1) is 10.7. The van der Waals surface area contributed by atoms with Crippen LogP contribution in [0.1, 0.15) is 17.7 Å². The number of benzene rings is 1. The van der Waals surface area contributed by atoms with Crippen molar-refractivity contribution in [2.24, 2.45) is 16.8 Å². The molecule has 116 valence electrons. The Morgan fingerprint density at radius 1 is 1.27 bits per heavy atom. The Labute approximate surface area is 135 Å². The molecule has 0 bridgehead atoms. The molecule has 0 aromatic heterocycles. The zero-order valence-corrected chi connectivity index (χ0v) is 13.6. The SMILES string of the molecule is CC1=NC(C=O)(N2CC3CNCC3C2)C(c2ccccc2)S1. The molecule has 0 spiro atoms. The average Bonchev–Trinajstić information content (AvgIpc) is 3.20. The van der Waals surface area contributed by atoms with Gasteiger partial charge in [-0.15, -0.1) is 0 Å². The summed E-state index contributed by atoms with van der Waals surface area (Å²) in [5, 5.41) is 4.54. The van der Waals surface area contributed by atoms with Crippen molar-refractivity contribution in [1.29, 1.82) is 0 Å². The molecule has 4 atom stereocenters. The lowest BCUT2D eigenvalue weighted by Crippen LogP contribution is -2.50. The highest BCUT2D eigenvalue weighted by molar-refractivity contribution is 8.14. The molecule has 22 heavy (non-hydrogen) atoms. The molecule has 3 aliphatic heterocycles. The highest BCUT2D eigenvalue weighted by Gasteiger charge is 2.53. The maximum atomic E-state index is 12.2. The lowest BCUT2D eigenvalue weighted by molar-refractivity contribution is -0.117. The lowest BCUT2D eigenvalue weighted by atomic mass is 9.98. The standard InChI is InChI=1S/C17H21N3OS/c1-12-19-17(11-21,16(22-12)13-5-3-2-4-6-13)20-9-14-7-18-8-15(14)10-20/h2-6,11,14-16,18H,7-10H2,1H3. The normalized spacial score (nSPS) is 38.0. The summed E-state index contributed by atoms with van der Waals surface area (Å²) in [4.78, 5) is 19.3. The van der Waals surface area contributed by atoms with E-state index in [-0.39, 0.29) is 5.25 Å². The number of thioether (sulfide) groups is 1. The molecular weight excluding hydrogens is 294 g/mol. The van der Waals surface area contributed by atoms with E-state index in [0.29, 0.717) is 11.8 Å². The van der Waals surface area contributed by atoms with Crippen LogP contribution in [-0.4, -0.2) is 48.1 Å². The molecule has 2 fully saturated rings. The van der Waals surface area contributed by atoms with Crippen LogP contribution in [0.25, 0.3) is 0 Å². The van der Waals surface area contributed by atoms with E-state index in [2.05, 4.69) is 22.3 Å². The summed E-state index contributed by atoms with van der Waals surface area (Å²) < 4.78 is 0. The number of carbonyl (C=O) groups excluding carboxylic acids is 1. The van der Waals surface area contributed by atoms with Gasteiger partial charge in [0.15, 0.2) is 11.9 Å². The smallest absolute Gasteiger partial charge is 0.186 e. The zero-order chi connectivity index (χ0) is 15.2. The minimum absolute atomic E-state index is 0.0676. The fraction of sp³-hybridized carbons (Fsp3) is 0.529. The second-order valence-corrected chi connectivity index (χ2v) is 7.82. The topological polar surface area (TPSA) is 44.7 Å². The van der Waals surface area contributed by atoms with Crippen LogP contribution < -0.4 is 5.32 Å². The van der Waals surface area contributed by atoms with Crippen molar-refractivity contribution in [1.82, 2.24) is 10.2 Å². The summed E-state index contributed by atoms with van der Waals surface area (Å²) in [6.45, 7) is 6.10. The van der Waals surface area contributed by atoms with E-state index >= 15 is 0 Å². The highest BCUT2D eigenvalue weighted by Crippen LogP contribution is 2.50. The third kappa shape index (κ3) is 2.14. The monoisotopic (exact) mass is 315 g/mol. The third-order valence-corrected chi connectivity index (χ3v) is 6.47. The largest absolute Gasteiger partial charge is 0.316 e. The lowest BCUT2D eigenvalue weighted by Gasteiger charge is -2.36. The highest BCUT2D eigenvalue weighted by atomic mass is 32.2. The van der Waals surface area contributed by atoms with Gasteiger partial charge in [-0.25, -0.2) is 0 Å². The van der Waals surface area contributed by atoms with Crippen LogP contribution in [0.3, 0.4) is 0 Å². The first kappa shape index (κ1) is 14.4. The van der Waals surface area contributed by atoms with E-state index in [9.17, 15) is 4.79 Å². The Morgan fingerprint density at radius 2 is 1.95 bits per heavy atom. The molecule has 0 saturated carbocycles. The van der Waals surface area contributed by atoms with Crippen LogP contribution in [0.4, 0.5) is 0 Å². The molecule has 4 nitrogen and oxygen atoms in total. The van der Waals surface area contributed by atoms with Crippen LogP contribution in [-0.2, 0) is 4.79 Å². The Hall–Kier alpha value is -1.17. The number of nitrogens with zero attached hydrogens (tertiary/aromatic N) is 2. The fourth-order valence-electron chi connectivity index (χ4n) is 4.08. The second-order valence-electron chi connectivity index (χ2n) is 6.52. The van der Waals surface area contributed by atoms with Crippen molar-refractivity contribution in [3.05, 3.63) is 35.9 Å². The Balaban J connectivity index is 1.69. The van der Waals surface area contributed by atoms with Gasteiger partial charge in [-0.05, 0) is 37.4 Å². The molecular formula is C17H21N3OS. The van der Waals surface area contributed by atoms with Gasteiger partial charge in [0, 0.05) is 13.1 Å². The van der Waals surface area contributed by atoms with Gasteiger partial charge in [0.25, 0.3) is 0 Å².